The molecule has 10 aromatic carbocycles. The van der Waals surface area contributed by atoms with E-state index in [-0.39, 0.29) is 6.71 Å². The third-order valence-corrected chi connectivity index (χ3v) is 15.7. The van der Waals surface area contributed by atoms with Gasteiger partial charge < -0.3 is 19.4 Å². The zero-order chi connectivity index (χ0) is 52.7. The van der Waals surface area contributed by atoms with E-state index in [2.05, 4.69) is 309 Å². The van der Waals surface area contributed by atoms with Crippen molar-refractivity contribution in [1.29, 1.82) is 0 Å². The smallest absolute Gasteiger partial charge is 0.256 e. The molecule has 0 spiro atoms. The Kier molecular flexibility index (Phi) is 10.5. The lowest BCUT2D eigenvalue weighted by atomic mass is 9.34. The standard InChI is InChI=1S/C70H47BN8O/c1-8-24-48(25-9-1)74(49-26-10-2-11-27-49)55-42-64-69-66(43-55)80-65-45-61-56(44-62(65)79(69)60-39-23-22-38-59(60)77(64)53-34-18-6-19-35-53)71-57-47-72-41-40-58(57)76(52-32-16-5-17-33-52)63-46-67(73-70(68(63)71)78(61)54-36-20-7-21-37-54)75(50-28-12-3-13-29-50)51-30-14-4-15-31-51/h1-47H. The highest BCUT2D eigenvalue weighted by Crippen LogP contribution is 2.64. The molecule has 0 atom stereocenters. The van der Waals surface area contributed by atoms with Crippen molar-refractivity contribution in [2.24, 2.45) is 0 Å². The summed E-state index contributed by atoms with van der Waals surface area (Å²) in [5.74, 6) is 3.04. The molecule has 4 aliphatic heterocycles. The Morgan fingerprint density at radius 3 is 1.39 bits per heavy atom. The second kappa shape index (κ2) is 18.4. The van der Waals surface area contributed by atoms with E-state index >= 15 is 0 Å². The van der Waals surface area contributed by atoms with E-state index in [1.165, 1.54) is 0 Å². The number of benzene rings is 10. The molecule has 12 aromatic rings. The van der Waals surface area contributed by atoms with E-state index in [0.29, 0.717) is 0 Å². The number of hydrogen-bond donors (Lipinski definition) is 0. The molecule has 0 N–H and O–H groups in total. The van der Waals surface area contributed by atoms with E-state index in [0.717, 1.165) is 131 Å². The summed E-state index contributed by atoms with van der Waals surface area (Å²) < 4.78 is 7.58. The molecule has 0 bridgehead atoms. The van der Waals surface area contributed by atoms with Crippen molar-refractivity contribution in [1.82, 2.24) is 9.97 Å². The highest BCUT2D eigenvalue weighted by Gasteiger charge is 2.47. The maximum atomic E-state index is 7.58. The molecule has 2 aromatic heterocycles. The van der Waals surface area contributed by atoms with Crippen LogP contribution >= 0.6 is 0 Å². The zero-order valence-electron chi connectivity index (χ0n) is 43.2. The summed E-state index contributed by atoms with van der Waals surface area (Å²) in [7, 11) is 0. The number of nitrogens with zero attached hydrogens (tertiary/aromatic N) is 8. The lowest BCUT2D eigenvalue weighted by Crippen LogP contribution is -2.62. The van der Waals surface area contributed by atoms with Crippen LogP contribution in [0.2, 0.25) is 0 Å². The van der Waals surface area contributed by atoms with Crippen LogP contribution in [0, 0.1) is 0 Å². The SMILES string of the molecule is c1ccc(N(c2ccccc2)c2cc3c4c(c2)N(c2ccccc2)c2ccccc2N4c2cc4c(cc2O3)N(c2ccccc2)c2nc(N(c3ccccc3)c3ccccc3)cc3c2B4c2cnccc2N3c2ccccc2)cc1. The molecule has 0 saturated heterocycles. The van der Waals surface area contributed by atoms with Gasteiger partial charge in [0.25, 0.3) is 6.71 Å². The first-order valence-electron chi connectivity index (χ1n) is 27.0. The van der Waals surface area contributed by atoms with Crippen LogP contribution in [0.4, 0.5) is 103 Å². The van der Waals surface area contributed by atoms with E-state index in [1.54, 1.807) is 0 Å². The van der Waals surface area contributed by atoms with Gasteiger partial charge in [-0.15, -0.1) is 0 Å². The summed E-state index contributed by atoms with van der Waals surface area (Å²) >= 11 is 0. The van der Waals surface area contributed by atoms with E-state index < -0.39 is 0 Å². The molecule has 0 saturated carbocycles. The fraction of sp³-hybridized carbons (Fsp3) is 0. The van der Waals surface area contributed by atoms with Crippen molar-refractivity contribution in [3.63, 3.8) is 0 Å². The summed E-state index contributed by atoms with van der Waals surface area (Å²) in [6.07, 6.45) is 3.97. The first-order valence-corrected chi connectivity index (χ1v) is 27.0. The average Bonchev–Trinajstić information content (AvgIpc) is 3.57. The molecular weight excluding hydrogens is 980 g/mol. The highest BCUT2D eigenvalue weighted by molar-refractivity contribution is 7.00. The predicted octanol–water partition coefficient (Wildman–Crippen LogP) is 16.9. The highest BCUT2D eigenvalue weighted by atomic mass is 16.5. The summed E-state index contributed by atoms with van der Waals surface area (Å²) in [5.41, 5.74) is 19.3. The van der Waals surface area contributed by atoms with Gasteiger partial charge in [0, 0.05) is 87.5 Å². The fourth-order valence-corrected chi connectivity index (χ4v) is 12.4. The van der Waals surface area contributed by atoms with Crippen LogP contribution in [-0.4, -0.2) is 16.7 Å². The Bertz CT molecular complexity index is 4230. The number of hydrogen-bond acceptors (Lipinski definition) is 9. The number of aromatic nitrogens is 2. The van der Waals surface area contributed by atoms with Gasteiger partial charge in [-0.2, -0.15) is 0 Å². The number of anilines is 18. The molecular formula is C70H47BN8O. The van der Waals surface area contributed by atoms with Gasteiger partial charge in [-0.1, -0.05) is 140 Å². The molecule has 0 amide bonds. The summed E-state index contributed by atoms with van der Waals surface area (Å²) in [4.78, 5) is 25.0. The van der Waals surface area contributed by atoms with Crippen LogP contribution in [0.25, 0.3) is 0 Å². The molecule has 0 radical (unpaired) electrons. The molecule has 376 valence electrons. The summed E-state index contributed by atoms with van der Waals surface area (Å²) in [5, 5.41) is 0. The largest absolute Gasteiger partial charge is 0.453 e. The molecule has 0 aliphatic carbocycles. The number of rotatable bonds is 9. The molecule has 80 heavy (non-hydrogen) atoms. The zero-order valence-corrected chi connectivity index (χ0v) is 43.2. The van der Waals surface area contributed by atoms with Crippen LogP contribution in [0.1, 0.15) is 0 Å². The monoisotopic (exact) mass is 1030 g/mol. The topological polar surface area (TPSA) is 54.5 Å². The van der Waals surface area contributed by atoms with Gasteiger partial charge in [0.15, 0.2) is 11.5 Å². The second-order valence-corrected chi connectivity index (χ2v) is 20.2. The minimum Gasteiger partial charge on any atom is -0.453 e. The minimum atomic E-state index is -0.290. The normalized spacial score (nSPS) is 13.0. The van der Waals surface area contributed by atoms with Crippen molar-refractivity contribution in [3.8, 4) is 11.5 Å². The summed E-state index contributed by atoms with van der Waals surface area (Å²) in [6.45, 7) is -0.290. The molecule has 4 aliphatic rings. The Morgan fingerprint density at radius 1 is 0.338 bits per heavy atom. The van der Waals surface area contributed by atoms with Crippen molar-refractivity contribution < 1.29 is 4.74 Å². The first kappa shape index (κ1) is 45.4. The molecule has 16 rings (SSSR count). The van der Waals surface area contributed by atoms with Gasteiger partial charge in [0.05, 0.1) is 28.4 Å². The van der Waals surface area contributed by atoms with Crippen molar-refractivity contribution in [2.45, 2.75) is 0 Å². The van der Waals surface area contributed by atoms with Gasteiger partial charge >= 0.3 is 0 Å². The average molecular weight is 1030 g/mol. The van der Waals surface area contributed by atoms with Crippen LogP contribution in [-0.2, 0) is 0 Å². The van der Waals surface area contributed by atoms with Crippen LogP contribution in [0.15, 0.2) is 285 Å². The Morgan fingerprint density at radius 2 is 0.825 bits per heavy atom. The van der Waals surface area contributed by atoms with E-state index in [1.807, 2.05) is 6.20 Å². The number of ether oxygens (including phenoxy) is 1. The number of fused-ring (bicyclic) bond motifs is 8. The Hall–Kier alpha value is -10.8. The fourth-order valence-electron chi connectivity index (χ4n) is 12.4. The summed E-state index contributed by atoms with van der Waals surface area (Å²) in [6, 6.07) is 96.6. The van der Waals surface area contributed by atoms with Gasteiger partial charge in [0.1, 0.15) is 17.3 Å². The molecule has 6 heterocycles. The second-order valence-electron chi connectivity index (χ2n) is 20.2. The molecule has 9 nitrogen and oxygen atoms in total. The van der Waals surface area contributed by atoms with E-state index in [9.17, 15) is 0 Å². The predicted molar refractivity (Wildman–Crippen MR) is 328 cm³/mol. The minimum absolute atomic E-state index is 0.290. The third kappa shape index (κ3) is 7.12. The Balaban J connectivity index is 0.982. The lowest BCUT2D eigenvalue weighted by molar-refractivity contribution is 0.477. The molecule has 0 fully saturated rings. The quantitative estimate of drug-likeness (QED) is 0.132. The van der Waals surface area contributed by atoms with Crippen LogP contribution in [0.3, 0.4) is 0 Å². The number of para-hydroxylation sites is 9. The van der Waals surface area contributed by atoms with Crippen LogP contribution in [0.5, 0.6) is 11.5 Å². The van der Waals surface area contributed by atoms with Gasteiger partial charge in [-0.05, 0) is 132 Å². The van der Waals surface area contributed by atoms with E-state index in [4.69, 9.17) is 14.7 Å². The maximum absolute atomic E-state index is 7.58. The lowest BCUT2D eigenvalue weighted by Gasteiger charge is -2.46. The van der Waals surface area contributed by atoms with Crippen molar-refractivity contribution >= 4 is 126 Å². The Labute approximate surface area is 464 Å². The molecule has 0 unspecified atom stereocenters. The molecule has 10 heteroatoms. The van der Waals surface area contributed by atoms with Crippen molar-refractivity contribution in [3.05, 3.63) is 285 Å². The van der Waals surface area contributed by atoms with Crippen LogP contribution < -0.4 is 50.5 Å². The van der Waals surface area contributed by atoms with Gasteiger partial charge in [0.2, 0.25) is 0 Å². The maximum Gasteiger partial charge on any atom is 0.256 e. The third-order valence-electron chi connectivity index (χ3n) is 15.7. The van der Waals surface area contributed by atoms with Gasteiger partial charge in [-0.3, -0.25) is 19.7 Å². The van der Waals surface area contributed by atoms with Crippen molar-refractivity contribution in [2.75, 3.05) is 29.4 Å². The number of pyridine rings is 2. The first-order chi connectivity index (χ1) is 39.7. The van der Waals surface area contributed by atoms with Gasteiger partial charge in [-0.25, -0.2) is 4.98 Å².